The molecule has 5 aromatic rings. The molecule has 0 fully saturated rings. The molecule has 40 heavy (non-hydrogen) atoms. The van der Waals surface area contributed by atoms with E-state index >= 15 is 0 Å². The Morgan fingerprint density at radius 2 is 0.950 bits per heavy atom. The number of rotatable bonds is 4. The van der Waals surface area contributed by atoms with Gasteiger partial charge in [-0.3, -0.25) is 0 Å². The fourth-order valence-electron chi connectivity index (χ4n) is 7.08. The molecule has 2 heteroatoms. The zero-order valence-corrected chi connectivity index (χ0v) is 23.9. The molecule has 2 nitrogen and oxygen atoms in total. The molecule has 0 bridgehead atoms. The first-order valence-electron chi connectivity index (χ1n) is 14.2. The number of nitrogens with zero attached hydrogens (tertiary/aromatic N) is 1. The Labute approximate surface area is 237 Å². The van der Waals surface area contributed by atoms with Gasteiger partial charge in [0, 0.05) is 27.9 Å². The second kappa shape index (κ2) is 8.68. The molecule has 0 heterocycles. The van der Waals surface area contributed by atoms with E-state index in [9.17, 15) is 5.11 Å². The number of benzene rings is 5. The van der Waals surface area contributed by atoms with Crippen molar-refractivity contribution < 1.29 is 5.11 Å². The molecule has 0 spiro atoms. The fraction of sp³-hybridized carbons (Fsp3) is 0.211. The molecule has 2 aliphatic rings. The lowest BCUT2D eigenvalue weighted by atomic mass is 9.82. The third kappa shape index (κ3) is 3.46. The van der Waals surface area contributed by atoms with Crippen molar-refractivity contribution in [2.45, 2.75) is 52.1 Å². The Balaban J connectivity index is 1.44. The van der Waals surface area contributed by atoms with Gasteiger partial charge in [-0.05, 0) is 99.0 Å². The Kier molecular flexibility index (Phi) is 5.40. The molecule has 1 N–H and O–H groups in total. The van der Waals surface area contributed by atoms with Crippen LogP contribution in [0.2, 0.25) is 0 Å². The van der Waals surface area contributed by atoms with Gasteiger partial charge < -0.3 is 10.0 Å². The zero-order valence-electron chi connectivity index (χ0n) is 23.9. The van der Waals surface area contributed by atoms with Gasteiger partial charge in [0.05, 0.1) is 6.61 Å². The van der Waals surface area contributed by atoms with E-state index in [1.54, 1.807) is 0 Å². The Bertz CT molecular complexity index is 1700. The Morgan fingerprint density at radius 3 is 1.45 bits per heavy atom. The van der Waals surface area contributed by atoms with Crippen LogP contribution in [-0.4, -0.2) is 5.11 Å². The van der Waals surface area contributed by atoms with E-state index in [1.807, 2.05) is 0 Å². The summed E-state index contributed by atoms with van der Waals surface area (Å²) < 4.78 is 0. The number of anilines is 3. The molecule has 0 aliphatic heterocycles. The first-order valence-corrected chi connectivity index (χ1v) is 14.2. The molecule has 0 saturated heterocycles. The van der Waals surface area contributed by atoms with Gasteiger partial charge in [-0.25, -0.2) is 0 Å². The summed E-state index contributed by atoms with van der Waals surface area (Å²) in [6.07, 6.45) is 0. The van der Waals surface area contributed by atoms with Crippen LogP contribution in [0.4, 0.5) is 17.1 Å². The first-order chi connectivity index (χ1) is 19.2. The normalized spacial score (nSPS) is 15.2. The van der Waals surface area contributed by atoms with E-state index in [1.165, 1.54) is 44.5 Å². The number of aliphatic hydroxyl groups excluding tert-OH is 1. The minimum atomic E-state index is -0.0846. The Morgan fingerprint density at radius 1 is 0.525 bits per heavy atom. The van der Waals surface area contributed by atoms with Crippen LogP contribution in [0.15, 0.2) is 103 Å². The number of aryl methyl sites for hydroxylation is 1. The van der Waals surface area contributed by atoms with Gasteiger partial charge in [0.2, 0.25) is 0 Å². The van der Waals surface area contributed by atoms with Gasteiger partial charge in [-0.1, -0.05) is 94.4 Å². The highest BCUT2D eigenvalue weighted by molar-refractivity contribution is 5.88. The van der Waals surface area contributed by atoms with Crippen molar-refractivity contribution in [2.75, 3.05) is 4.90 Å². The highest BCUT2D eigenvalue weighted by atomic mass is 16.3. The summed E-state index contributed by atoms with van der Waals surface area (Å²) in [6, 6.07) is 37.8. The van der Waals surface area contributed by atoms with Gasteiger partial charge >= 0.3 is 0 Å². The average Bonchev–Trinajstić information content (AvgIpc) is 3.34. The molecule has 198 valence electrons. The summed E-state index contributed by atoms with van der Waals surface area (Å²) in [5.41, 5.74) is 15.9. The van der Waals surface area contributed by atoms with E-state index in [2.05, 4.69) is 143 Å². The predicted octanol–water partition coefficient (Wildman–Crippen LogP) is 9.57. The lowest BCUT2D eigenvalue weighted by Gasteiger charge is -2.30. The third-order valence-corrected chi connectivity index (χ3v) is 9.41. The van der Waals surface area contributed by atoms with Crippen molar-refractivity contribution in [3.05, 3.63) is 137 Å². The summed E-state index contributed by atoms with van der Waals surface area (Å²) >= 11 is 0. The van der Waals surface area contributed by atoms with Crippen molar-refractivity contribution in [3.8, 4) is 22.3 Å². The standard InChI is InChI=1S/C38H35NO/c1-24-14-15-26(20-25(24)23-40)39(27-16-18-31-29-10-6-8-12-33(29)37(2,3)35(31)21-27)28-17-19-32-30-11-7-9-13-34(30)38(4,5)36(32)22-28/h6-22,40H,23H2,1-5H3. The number of hydrogen-bond acceptors (Lipinski definition) is 2. The van der Waals surface area contributed by atoms with Crippen LogP contribution in [0.1, 0.15) is 61.1 Å². The largest absolute Gasteiger partial charge is 0.392 e. The van der Waals surface area contributed by atoms with E-state index in [0.717, 1.165) is 28.2 Å². The van der Waals surface area contributed by atoms with Crippen LogP contribution in [-0.2, 0) is 17.4 Å². The second-order valence-corrected chi connectivity index (χ2v) is 12.4. The maximum absolute atomic E-state index is 10.1. The quantitative estimate of drug-likeness (QED) is 0.254. The maximum Gasteiger partial charge on any atom is 0.0685 e. The summed E-state index contributed by atoms with van der Waals surface area (Å²) in [6.45, 7) is 11.4. The summed E-state index contributed by atoms with van der Waals surface area (Å²) in [4.78, 5) is 2.36. The number of fused-ring (bicyclic) bond motifs is 6. The molecule has 0 atom stereocenters. The number of hydrogen-bond donors (Lipinski definition) is 1. The molecule has 7 rings (SSSR count). The molecular formula is C38H35NO. The Hall–Kier alpha value is -4.14. The van der Waals surface area contributed by atoms with Crippen molar-refractivity contribution in [2.24, 2.45) is 0 Å². The van der Waals surface area contributed by atoms with E-state index < -0.39 is 0 Å². The summed E-state index contributed by atoms with van der Waals surface area (Å²) in [5.74, 6) is 0. The van der Waals surface area contributed by atoms with Gasteiger partial charge in [-0.2, -0.15) is 0 Å². The molecular weight excluding hydrogens is 486 g/mol. The van der Waals surface area contributed by atoms with Crippen LogP contribution >= 0.6 is 0 Å². The smallest absolute Gasteiger partial charge is 0.0685 e. The molecule has 2 aliphatic carbocycles. The van der Waals surface area contributed by atoms with Gasteiger partial charge in [-0.15, -0.1) is 0 Å². The SMILES string of the molecule is Cc1ccc(N(c2ccc3c(c2)C(C)(C)c2ccccc2-3)c2ccc3c(c2)C(C)(C)c2ccccc2-3)cc1CO. The van der Waals surface area contributed by atoms with Crippen LogP contribution in [0.3, 0.4) is 0 Å². The minimum Gasteiger partial charge on any atom is -0.392 e. The predicted molar refractivity (Wildman–Crippen MR) is 167 cm³/mol. The molecule has 0 amide bonds. The van der Waals surface area contributed by atoms with Crippen LogP contribution < -0.4 is 4.90 Å². The second-order valence-electron chi connectivity index (χ2n) is 12.4. The molecule has 0 unspecified atom stereocenters. The van der Waals surface area contributed by atoms with Gasteiger partial charge in [0.1, 0.15) is 0 Å². The topological polar surface area (TPSA) is 23.5 Å². The van der Waals surface area contributed by atoms with Crippen LogP contribution in [0.25, 0.3) is 22.3 Å². The highest BCUT2D eigenvalue weighted by Gasteiger charge is 2.37. The summed E-state index contributed by atoms with van der Waals surface area (Å²) in [7, 11) is 0. The monoisotopic (exact) mass is 521 g/mol. The highest BCUT2D eigenvalue weighted by Crippen LogP contribution is 2.53. The van der Waals surface area contributed by atoms with Crippen molar-refractivity contribution in [3.63, 3.8) is 0 Å². The molecule has 0 radical (unpaired) electrons. The summed E-state index contributed by atoms with van der Waals surface area (Å²) in [5, 5.41) is 10.1. The first kappa shape index (κ1) is 24.9. The third-order valence-electron chi connectivity index (χ3n) is 9.41. The molecule has 0 saturated carbocycles. The van der Waals surface area contributed by atoms with Gasteiger partial charge in [0.15, 0.2) is 0 Å². The van der Waals surface area contributed by atoms with E-state index in [0.29, 0.717) is 0 Å². The van der Waals surface area contributed by atoms with Crippen LogP contribution in [0.5, 0.6) is 0 Å². The lowest BCUT2D eigenvalue weighted by molar-refractivity contribution is 0.281. The van der Waals surface area contributed by atoms with Crippen LogP contribution in [0, 0.1) is 6.92 Å². The number of aliphatic hydroxyl groups is 1. The zero-order chi connectivity index (χ0) is 27.8. The fourth-order valence-corrected chi connectivity index (χ4v) is 7.08. The van der Waals surface area contributed by atoms with E-state index in [4.69, 9.17) is 0 Å². The maximum atomic E-state index is 10.1. The van der Waals surface area contributed by atoms with Gasteiger partial charge in [0.25, 0.3) is 0 Å². The molecule has 5 aromatic carbocycles. The van der Waals surface area contributed by atoms with Crippen molar-refractivity contribution in [1.29, 1.82) is 0 Å². The minimum absolute atomic E-state index is 0.0204. The average molecular weight is 522 g/mol. The van der Waals surface area contributed by atoms with Crippen molar-refractivity contribution in [1.82, 2.24) is 0 Å². The molecule has 0 aromatic heterocycles. The van der Waals surface area contributed by atoms with Crippen molar-refractivity contribution >= 4 is 17.1 Å². The lowest BCUT2D eigenvalue weighted by Crippen LogP contribution is -2.18. The van der Waals surface area contributed by atoms with E-state index in [-0.39, 0.29) is 17.4 Å².